The van der Waals surface area contributed by atoms with Crippen LogP contribution < -0.4 is 4.57 Å². The van der Waals surface area contributed by atoms with Crippen LogP contribution in [0.1, 0.15) is 11.1 Å². The maximum Gasteiger partial charge on any atom is 0.213 e. The third-order valence-electron chi connectivity index (χ3n) is 5.02. The number of hydrogen-bond acceptors (Lipinski definition) is 0. The second-order valence-corrected chi connectivity index (χ2v) is 6.88. The summed E-state index contributed by atoms with van der Waals surface area (Å²) in [5.41, 5.74) is 8.23. The number of aryl methyl sites for hydroxylation is 3. The van der Waals surface area contributed by atoms with Gasteiger partial charge in [-0.05, 0) is 60.9 Å². The van der Waals surface area contributed by atoms with Crippen LogP contribution in [0.5, 0.6) is 0 Å². The number of nitrogens with zero attached hydrogens (tertiary/aromatic N) is 1. The Morgan fingerprint density at radius 2 is 1.42 bits per heavy atom. The van der Waals surface area contributed by atoms with E-state index in [4.69, 9.17) is 0 Å². The van der Waals surface area contributed by atoms with Crippen LogP contribution in [0.3, 0.4) is 0 Å². The van der Waals surface area contributed by atoms with Gasteiger partial charge in [0, 0.05) is 23.1 Å². The standard InChI is InChI=1S/C24H21FN/c1-16-4-5-17(2)22(14-16)23-13-10-19-6-7-20(15-24(19)26(23)3)18-8-11-21(25)12-9-18/h4-15H,1-3H3/q+1. The summed E-state index contributed by atoms with van der Waals surface area (Å²) in [5, 5.41) is 1.19. The van der Waals surface area contributed by atoms with Crippen LogP contribution in [-0.4, -0.2) is 0 Å². The molecule has 1 aromatic heterocycles. The minimum absolute atomic E-state index is 0.211. The van der Waals surface area contributed by atoms with E-state index in [0.29, 0.717) is 0 Å². The lowest BCUT2D eigenvalue weighted by Crippen LogP contribution is -2.32. The molecule has 3 aromatic carbocycles. The third kappa shape index (κ3) is 2.88. The van der Waals surface area contributed by atoms with E-state index in [1.165, 1.54) is 39.9 Å². The molecule has 0 radical (unpaired) electrons. The molecule has 0 saturated heterocycles. The van der Waals surface area contributed by atoms with Crippen molar-refractivity contribution in [3.63, 3.8) is 0 Å². The SMILES string of the molecule is Cc1ccc(C)c(-c2ccc3ccc(-c4ccc(F)cc4)cc3[n+]2C)c1. The fourth-order valence-electron chi connectivity index (χ4n) is 3.49. The van der Waals surface area contributed by atoms with E-state index in [0.717, 1.165) is 16.6 Å². The quantitative estimate of drug-likeness (QED) is 0.408. The Bertz CT molecular complexity index is 1110. The minimum Gasteiger partial charge on any atom is -0.207 e. The van der Waals surface area contributed by atoms with Crippen molar-refractivity contribution in [2.45, 2.75) is 13.8 Å². The van der Waals surface area contributed by atoms with Gasteiger partial charge in [-0.3, -0.25) is 0 Å². The summed E-state index contributed by atoms with van der Waals surface area (Å²) in [5.74, 6) is -0.211. The van der Waals surface area contributed by atoms with Gasteiger partial charge in [0.25, 0.3) is 0 Å². The van der Waals surface area contributed by atoms with Crippen LogP contribution in [-0.2, 0) is 7.05 Å². The molecule has 1 nitrogen and oxygen atoms in total. The fourth-order valence-corrected chi connectivity index (χ4v) is 3.49. The number of aromatic nitrogens is 1. The number of pyridine rings is 1. The van der Waals surface area contributed by atoms with Crippen LogP contribution in [0, 0.1) is 19.7 Å². The van der Waals surface area contributed by atoms with Crippen LogP contribution in [0.4, 0.5) is 4.39 Å². The summed E-state index contributed by atoms with van der Waals surface area (Å²) in [6, 6.07) is 24.0. The molecule has 4 rings (SSSR count). The van der Waals surface area contributed by atoms with Crippen LogP contribution in [0.25, 0.3) is 33.3 Å². The molecular weight excluding hydrogens is 321 g/mol. The van der Waals surface area contributed by atoms with Gasteiger partial charge in [0.15, 0.2) is 0 Å². The molecule has 4 aromatic rings. The molecule has 0 bridgehead atoms. The monoisotopic (exact) mass is 342 g/mol. The van der Waals surface area contributed by atoms with Crippen molar-refractivity contribution < 1.29 is 8.96 Å². The highest BCUT2D eigenvalue weighted by atomic mass is 19.1. The van der Waals surface area contributed by atoms with E-state index in [2.05, 4.69) is 74.0 Å². The lowest BCUT2D eigenvalue weighted by molar-refractivity contribution is -0.633. The first-order valence-electron chi connectivity index (χ1n) is 8.79. The van der Waals surface area contributed by atoms with Crippen molar-refractivity contribution in [3.05, 3.63) is 89.7 Å². The van der Waals surface area contributed by atoms with Crippen molar-refractivity contribution >= 4 is 10.9 Å². The summed E-state index contributed by atoms with van der Waals surface area (Å²) in [6.45, 7) is 4.27. The first-order chi connectivity index (χ1) is 12.5. The number of halogens is 1. The Labute approximate surface area is 153 Å². The highest BCUT2D eigenvalue weighted by molar-refractivity contribution is 5.83. The van der Waals surface area contributed by atoms with Gasteiger partial charge in [0.1, 0.15) is 12.9 Å². The molecule has 0 aliphatic rings. The van der Waals surface area contributed by atoms with Gasteiger partial charge >= 0.3 is 0 Å². The third-order valence-corrected chi connectivity index (χ3v) is 5.02. The summed E-state index contributed by atoms with van der Waals surface area (Å²) in [7, 11) is 2.11. The average Bonchev–Trinajstić information content (AvgIpc) is 2.65. The second kappa shape index (κ2) is 6.38. The summed E-state index contributed by atoms with van der Waals surface area (Å²) >= 11 is 0. The average molecular weight is 342 g/mol. The van der Waals surface area contributed by atoms with Gasteiger partial charge in [0.2, 0.25) is 11.2 Å². The molecule has 0 spiro atoms. The largest absolute Gasteiger partial charge is 0.213 e. The second-order valence-electron chi connectivity index (χ2n) is 6.88. The van der Waals surface area contributed by atoms with Crippen LogP contribution in [0.15, 0.2) is 72.8 Å². The molecule has 0 aliphatic heterocycles. The van der Waals surface area contributed by atoms with Gasteiger partial charge in [-0.2, -0.15) is 4.57 Å². The molecule has 26 heavy (non-hydrogen) atoms. The number of hydrogen-bond donors (Lipinski definition) is 0. The van der Waals surface area contributed by atoms with E-state index in [1.54, 1.807) is 0 Å². The van der Waals surface area contributed by atoms with Gasteiger partial charge in [0.05, 0.1) is 0 Å². The molecule has 0 unspecified atom stereocenters. The van der Waals surface area contributed by atoms with Crippen molar-refractivity contribution in [2.24, 2.45) is 7.05 Å². The van der Waals surface area contributed by atoms with Crippen molar-refractivity contribution in [2.75, 3.05) is 0 Å². The molecule has 2 heteroatoms. The van der Waals surface area contributed by atoms with Gasteiger partial charge < -0.3 is 0 Å². The van der Waals surface area contributed by atoms with Crippen molar-refractivity contribution in [1.82, 2.24) is 0 Å². The molecule has 128 valence electrons. The first-order valence-corrected chi connectivity index (χ1v) is 8.79. The molecular formula is C24H21FN+. The molecule has 0 saturated carbocycles. The van der Waals surface area contributed by atoms with Crippen molar-refractivity contribution in [3.8, 4) is 22.4 Å². The van der Waals surface area contributed by atoms with Crippen LogP contribution in [0.2, 0.25) is 0 Å². The van der Waals surface area contributed by atoms with Gasteiger partial charge in [-0.1, -0.05) is 35.9 Å². The highest BCUT2D eigenvalue weighted by Gasteiger charge is 2.16. The predicted octanol–water partition coefficient (Wildman–Crippen LogP) is 5.75. The normalized spacial score (nSPS) is 11.1. The van der Waals surface area contributed by atoms with E-state index in [-0.39, 0.29) is 5.82 Å². The zero-order valence-electron chi connectivity index (χ0n) is 15.3. The maximum atomic E-state index is 13.2. The molecule has 1 heterocycles. The molecule has 0 N–H and O–H groups in total. The number of benzene rings is 3. The van der Waals surface area contributed by atoms with Crippen molar-refractivity contribution in [1.29, 1.82) is 0 Å². The predicted molar refractivity (Wildman–Crippen MR) is 105 cm³/mol. The Kier molecular flexibility index (Phi) is 4.04. The Morgan fingerprint density at radius 3 is 2.19 bits per heavy atom. The zero-order valence-corrected chi connectivity index (χ0v) is 15.3. The zero-order chi connectivity index (χ0) is 18.3. The lowest BCUT2D eigenvalue weighted by Gasteiger charge is -2.09. The summed E-state index contributed by atoms with van der Waals surface area (Å²) in [4.78, 5) is 0. The first kappa shape index (κ1) is 16.5. The van der Waals surface area contributed by atoms with E-state index in [1.807, 2.05) is 12.1 Å². The van der Waals surface area contributed by atoms with Gasteiger partial charge in [-0.25, -0.2) is 4.39 Å². The summed E-state index contributed by atoms with van der Waals surface area (Å²) < 4.78 is 15.5. The molecule has 0 aliphatic carbocycles. The molecule has 0 amide bonds. The van der Waals surface area contributed by atoms with Gasteiger partial charge in [-0.15, -0.1) is 0 Å². The summed E-state index contributed by atoms with van der Waals surface area (Å²) in [6.07, 6.45) is 0. The Balaban J connectivity index is 1.91. The van der Waals surface area contributed by atoms with E-state index in [9.17, 15) is 4.39 Å². The number of fused-ring (bicyclic) bond motifs is 1. The minimum atomic E-state index is -0.211. The Hall–Kier alpha value is -3.00. The highest BCUT2D eigenvalue weighted by Crippen LogP contribution is 2.27. The topological polar surface area (TPSA) is 3.88 Å². The Morgan fingerprint density at radius 1 is 0.731 bits per heavy atom. The maximum absolute atomic E-state index is 13.2. The van der Waals surface area contributed by atoms with E-state index >= 15 is 0 Å². The lowest BCUT2D eigenvalue weighted by atomic mass is 9.99. The molecule has 0 fully saturated rings. The number of rotatable bonds is 2. The smallest absolute Gasteiger partial charge is 0.207 e. The fraction of sp³-hybridized carbons (Fsp3) is 0.125. The van der Waals surface area contributed by atoms with E-state index < -0.39 is 0 Å². The molecule has 0 atom stereocenters. The van der Waals surface area contributed by atoms with Crippen LogP contribution >= 0.6 is 0 Å².